The minimum atomic E-state index is -0.352. The van der Waals surface area contributed by atoms with Crippen LogP contribution in [0.4, 0.5) is 0 Å². The zero-order chi connectivity index (χ0) is 14.2. The number of hydrogen-bond acceptors (Lipinski definition) is 3. The van der Waals surface area contributed by atoms with Gasteiger partial charge in [0.25, 0.3) is 0 Å². The van der Waals surface area contributed by atoms with E-state index in [1.165, 1.54) is 5.56 Å². The second-order valence-corrected chi connectivity index (χ2v) is 5.86. The number of rotatable bonds is 6. The predicted molar refractivity (Wildman–Crippen MR) is 80.8 cm³/mol. The van der Waals surface area contributed by atoms with E-state index in [4.69, 9.17) is 5.21 Å². The molecule has 1 atom stereocenters. The van der Waals surface area contributed by atoms with Gasteiger partial charge in [-0.2, -0.15) is 0 Å². The highest BCUT2D eigenvalue weighted by Crippen LogP contribution is 2.27. The quantitative estimate of drug-likeness (QED) is 0.487. The molecule has 2 aromatic rings. The first-order valence-corrected chi connectivity index (χ1v) is 7.34. The largest absolute Gasteiger partial charge is 0.289 e. The fraction of sp³-hybridized carbons (Fsp3) is 0.188. The molecule has 0 aliphatic rings. The number of carbonyl (C=O) groups is 1. The number of amides is 1. The molecule has 3 nitrogen and oxygen atoms in total. The zero-order valence-electron chi connectivity index (χ0n) is 11.0. The third-order valence-electron chi connectivity index (χ3n) is 2.89. The van der Waals surface area contributed by atoms with Gasteiger partial charge in [0.05, 0.1) is 0 Å². The average Bonchev–Trinajstić information content (AvgIpc) is 2.49. The Bertz CT molecular complexity index is 489. The summed E-state index contributed by atoms with van der Waals surface area (Å²) in [7, 11) is 0. The van der Waals surface area contributed by atoms with Crippen molar-refractivity contribution in [2.45, 2.75) is 23.0 Å². The highest BCUT2D eigenvalue weighted by molar-refractivity contribution is 8.00. The van der Waals surface area contributed by atoms with Gasteiger partial charge in [-0.3, -0.25) is 10.0 Å². The number of hydrogen-bond donors (Lipinski definition) is 2. The molecule has 0 saturated heterocycles. The van der Waals surface area contributed by atoms with E-state index in [0.29, 0.717) is 0 Å². The zero-order valence-corrected chi connectivity index (χ0v) is 11.8. The van der Waals surface area contributed by atoms with Gasteiger partial charge in [0.1, 0.15) is 0 Å². The summed E-state index contributed by atoms with van der Waals surface area (Å²) in [6.45, 7) is 0. The van der Waals surface area contributed by atoms with Gasteiger partial charge < -0.3 is 0 Å². The minimum absolute atomic E-state index is 0.0898. The lowest BCUT2D eigenvalue weighted by atomic mass is 10.1. The van der Waals surface area contributed by atoms with E-state index < -0.39 is 0 Å². The first-order chi connectivity index (χ1) is 9.78. The number of carbonyl (C=O) groups excluding carboxylic acids is 1. The highest BCUT2D eigenvalue weighted by atomic mass is 32.2. The first kappa shape index (κ1) is 14.6. The van der Waals surface area contributed by atoms with Crippen molar-refractivity contribution >= 4 is 17.7 Å². The topological polar surface area (TPSA) is 49.3 Å². The Kier molecular flexibility index (Phi) is 5.65. The van der Waals surface area contributed by atoms with Crippen molar-refractivity contribution in [3.05, 3.63) is 66.2 Å². The number of benzene rings is 2. The van der Waals surface area contributed by atoms with Gasteiger partial charge >= 0.3 is 0 Å². The SMILES string of the molecule is O=C(CC(Cc1ccccc1)Sc1ccccc1)NO. The Hall–Kier alpha value is -1.78. The summed E-state index contributed by atoms with van der Waals surface area (Å²) in [6, 6.07) is 20.0. The maximum Gasteiger partial charge on any atom is 0.244 e. The maximum atomic E-state index is 11.4. The van der Waals surface area contributed by atoms with E-state index in [-0.39, 0.29) is 17.6 Å². The van der Waals surface area contributed by atoms with Crippen LogP contribution in [0.2, 0.25) is 0 Å². The molecule has 0 aliphatic carbocycles. The Balaban J connectivity index is 2.06. The van der Waals surface area contributed by atoms with E-state index in [1.54, 1.807) is 17.2 Å². The molecule has 0 radical (unpaired) electrons. The molecule has 0 fully saturated rings. The van der Waals surface area contributed by atoms with Crippen LogP contribution in [0.15, 0.2) is 65.6 Å². The van der Waals surface area contributed by atoms with E-state index in [0.717, 1.165) is 11.3 Å². The molecule has 0 spiro atoms. The highest BCUT2D eigenvalue weighted by Gasteiger charge is 2.15. The Morgan fingerprint density at radius 3 is 2.25 bits per heavy atom. The Morgan fingerprint density at radius 1 is 1.05 bits per heavy atom. The van der Waals surface area contributed by atoms with Crippen LogP contribution in [0, 0.1) is 0 Å². The summed E-state index contributed by atoms with van der Waals surface area (Å²) in [4.78, 5) is 12.6. The third-order valence-corrected chi connectivity index (χ3v) is 4.10. The third kappa shape index (κ3) is 4.72. The van der Waals surface area contributed by atoms with Crippen molar-refractivity contribution in [1.82, 2.24) is 5.48 Å². The Morgan fingerprint density at radius 2 is 1.65 bits per heavy atom. The second-order valence-electron chi connectivity index (χ2n) is 4.48. The standard InChI is InChI=1S/C16H17NO2S/c18-16(17-19)12-15(11-13-7-3-1-4-8-13)20-14-9-5-2-6-10-14/h1-10,15,19H,11-12H2,(H,17,18). The molecule has 104 valence electrons. The normalized spacial score (nSPS) is 11.8. The van der Waals surface area contributed by atoms with Crippen LogP contribution in [0.5, 0.6) is 0 Å². The molecular formula is C16H17NO2S. The van der Waals surface area contributed by atoms with Crippen LogP contribution in [0.1, 0.15) is 12.0 Å². The lowest BCUT2D eigenvalue weighted by Crippen LogP contribution is -2.24. The molecule has 20 heavy (non-hydrogen) atoms. The monoisotopic (exact) mass is 287 g/mol. The van der Waals surface area contributed by atoms with E-state index in [1.807, 2.05) is 48.5 Å². The molecule has 0 aromatic heterocycles. The van der Waals surface area contributed by atoms with Gasteiger partial charge in [0.2, 0.25) is 5.91 Å². The molecule has 0 heterocycles. The van der Waals surface area contributed by atoms with E-state index >= 15 is 0 Å². The molecule has 0 aliphatic heterocycles. The van der Waals surface area contributed by atoms with Crippen LogP contribution < -0.4 is 5.48 Å². The molecule has 4 heteroatoms. The summed E-state index contributed by atoms with van der Waals surface area (Å²) in [6.07, 6.45) is 1.07. The van der Waals surface area contributed by atoms with Crippen LogP contribution in [0.25, 0.3) is 0 Å². The predicted octanol–water partition coefficient (Wildman–Crippen LogP) is 3.29. The summed E-state index contributed by atoms with van der Waals surface area (Å²) < 4.78 is 0. The van der Waals surface area contributed by atoms with Crippen molar-refractivity contribution in [1.29, 1.82) is 0 Å². The molecule has 2 aromatic carbocycles. The molecule has 1 amide bonds. The maximum absolute atomic E-state index is 11.4. The number of nitrogens with one attached hydrogen (secondary N) is 1. The van der Waals surface area contributed by atoms with Crippen molar-refractivity contribution in [2.75, 3.05) is 0 Å². The minimum Gasteiger partial charge on any atom is -0.289 e. The number of hydroxylamine groups is 1. The average molecular weight is 287 g/mol. The van der Waals surface area contributed by atoms with Gasteiger partial charge in [0, 0.05) is 16.6 Å². The van der Waals surface area contributed by atoms with Crippen molar-refractivity contribution in [2.24, 2.45) is 0 Å². The summed E-state index contributed by atoms with van der Waals surface area (Å²) in [5.41, 5.74) is 2.90. The van der Waals surface area contributed by atoms with Gasteiger partial charge in [-0.1, -0.05) is 48.5 Å². The van der Waals surface area contributed by atoms with Crippen LogP contribution in [-0.4, -0.2) is 16.4 Å². The van der Waals surface area contributed by atoms with E-state index in [9.17, 15) is 4.79 Å². The van der Waals surface area contributed by atoms with Gasteiger partial charge in [-0.05, 0) is 24.1 Å². The first-order valence-electron chi connectivity index (χ1n) is 6.46. The molecule has 0 saturated carbocycles. The van der Waals surface area contributed by atoms with Crippen LogP contribution in [-0.2, 0) is 11.2 Å². The molecule has 1 unspecified atom stereocenters. The van der Waals surface area contributed by atoms with Crippen molar-refractivity contribution in [3.63, 3.8) is 0 Å². The van der Waals surface area contributed by atoms with Crippen molar-refractivity contribution < 1.29 is 10.0 Å². The molecule has 2 rings (SSSR count). The molecule has 2 N–H and O–H groups in total. The number of thioether (sulfide) groups is 1. The summed E-state index contributed by atoms with van der Waals surface area (Å²) in [5.74, 6) is -0.352. The fourth-order valence-corrected chi connectivity index (χ4v) is 3.19. The van der Waals surface area contributed by atoms with E-state index in [2.05, 4.69) is 12.1 Å². The van der Waals surface area contributed by atoms with Crippen molar-refractivity contribution in [3.8, 4) is 0 Å². The van der Waals surface area contributed by atoms with Gasteiger partial charge in [-0.15, -0.1) is 11.8 Å². The molecular weight excluding hydrogens is 270 g/mol. The Labute approximate surface area is 123 Å². The fourth-order valence-electron chi connectivity index (χ4n) is 1.98. The second kappa shape index (κ2) is 7.72. The smallest absolute Gasteiger partial charge is 0.244 e. The van der Waals surface area contributed by atoms with Gasteiger partial charge in [0.15, 0.2) is 0 Å². The van der Waals surface area contributed by atoms with Gasteiger partial charge in [-0.25, -0.2) is 5.48 Å². The summed E-state index contributed by atoms with van der Waals surface area (Å²) >= 11 is 1.66. The van der Waals surface area contributed by atoms with Crippen LogP contribution in [0.3, 0.4) is 0 Å². The molecule has 0 bridgehead atoms. The lowest BCUT2D eigenvalue weighted by Gasteiger charge is -2.15. The van der Waals surface area contributed by atoms with Crippen LogP contribution >= 0.6 is 11.8 Å². The summed E-state index contributed by atoms with van der Waals surface area (Å²) in [5, 5.41) is 8.80. The lowest BCUT2D eigenvalue weighted by molar-refractivity contribution is -0.129.